The molecule has 1 unspecified atom stereocenters. The second kappa shape index (κ2) is 6.77. The highest BCUT2D eigenvalue weighted by Crippen LogP contribution is 2.40. The lowest BCUT2D eigenvalue weighted by molar-refractivity contribution is -0.137. The first-order chi connectivity index (χ1) is 10.3. The molecule has 0 amide bonds. The largest absolute Gasteiger partial charge is 0.416 e. The Hall–Kier alpha value is -1.43. The molecule has 6 heteroatoms. The van der Waals surface area contributed by atoms with Gasteiger partial charge in [-0.1, -0.05) is 37.2 Å². The molecule has 0 bridgehead atoms. The molecule has 1 N–H and O–H groups in total. The monoisotopic (exact) mass is 329 g/mol. The van der Waals surface area contributed by atoms with Crippen LogP contribution >= 0.6 is 11.8 Å². The van der Waals surface area contributed by atoms with E-state index in [1.165, 1.54) is 17.8 Å². The number of carbonyl (C=O) groups is 1. The fourth-order valence-corrected chi connectivity index (χ4v) is 3.34. The summed E-state index contributed by atoms with van der Waals surface area (Å²) < 4.78 is 38.6. The molecule has 120 valence electrons. The fourth-order valence-electron chi connectivity index (χ4n) is 2.24. The van der Waals surface area contributed by atoms with Crippen LogP contribution in [0.1, 0.15) is 37.8 Å². The van der Waals surface area contributed by atoms with Gasteiger partial charge in [0, 0.05) is 6.54 Å². The number of hydrogen-bond acceptors (Lipinski definition) is 3. The number of carbonyl (C=O) groups excluding carboxylic acids is 1. The first-order valence-corrected chi connectivity index (χ1v) is 8.09. The summed E-state index contributed by atoms with van der Waals surface area (Å²) in [6.45, 7) is 4.54. The normalized spacial score (nSPS) is 19.0. The second-order valence-electron chi connectivity index (χ2n) is 5.19. The van der Waals surface area contributed by atoms with Gasteiger partial charge in [-0.05, 0) is 31.0 Å². The zero-order chi connectivity index (χ0) is 16.3. The van der Waals surface area contributed by atoms with Crippen molar-refractivity contribution in [1.29, 1.82) is 0 Å². The maximum absolute atomic E-state index is 12.9. The Labute approximate surface area is 132 Å². The molecule has 1 heterocycles. The van der Waals surface area contributed by atoms with E-state index in [-0.39, 0.29) is 11.0 Å². The lowest BCUT2D eigenvalue weighted by atomic mass is 9.99. The Morgan fingerprint density at radius 3 is 2.68 bits per heavy atom. The molecule has 0 saturated heterocycles. The van der Waals surface area contributed by atoms with E-state index in [1.807, 2.05) is 0 Å². The smallest absolute Gasteiger partial charge is 0.379 e. The van der Waals surface area contributed by atoms with E-state index >= 15 is 0 Å². The van der Waals surface area contributed by atoms with Gasteiger partial charge in [-0.2, -0.15) is 13.2 Å². The summed E-state index contributed by atoms with van der Waals surface area (Å²) in [5, 5.41) is 3.61. The number of ketones is 1. The van der Waals surface area contributed by atoms with Crippen LogP contribution in [0.25, 0.3) is 5.57 Å². The standard InChI is InChI=1S/C16H18F3NOS/c1-3-4-8-20-15-13(14(21)10(2)22-15)11-6-5-7-12(9-11)16(17,18)19/h5-7,9-10,20H,3-4,8H2,1-2H3. The van der Waals surface area contributed by atoms with Gasteiger partial charge in [-0.15, -0.1) is 0 Å². The summed E-state index contributed by atoms with van der Waals surface area (Å²) in [6, 6.07) is 4.97. The number of thioether (sulfide) groups is 1. The average Bonchev–Trinajstić information content (AvgIpc) is 2.74. The minimum Gasteiger partial charge on any atom is -0.379 e. The highest BCUT2D eigenvalue weighted by Gasteiger charge is 2.34. The molecule has 1 aromatic carbocycles. The van der Waals surface area contributed by atoms with Crippen molar-refractivity contribution in [2.24, 2.45) is 0 Å². The zero-order valence-electron chi connectivity index (χ0n) is 12.5. The van der Waals surface area contributed by atoms with Gasteiger partial charge < -0.3 is 5.32 Å². The third-order valence-electron chi connectivity index (χ3n) is 3.43. The highest BCUT2D eigenvalue weighted by molar-refractivity contribution is 8.05. The quantitative estimate of drug-likeness (QED) is 0.808. The van der Waals surface area contributed by atoms with E-state index in [2.05, 4.69) is 12.2 Å². The van der Waals surface area contributed by atoms with E-state index in [4.69, 9.17) is 0 Å². The summed E-state index contributed by atoms with van der Waals surface area (Å²) in [6.07, 6.45) is -2.46. The van der Waals surface area contributed by atoms with Gasteiger partial charge in [-0.3, -0.25) is 4.79 Å². The molecule has 0 saturated carbocycles. The Morgan fingerprint density at radius 2 is 2.05 bits per heavy atom. The van der Waals surface area contributed by atoms with E-state index in [9.17, 15) is 18.0 Å². The Morgan fingerprint density at radius 1 is 1.32 bits per heavy atom. The van der Waals surface area contributed by atoms with Crippen molar-refractivity contribution in [1.82, 2.24) is 5.32 Å². The van der Waals surface area contributed by atoms with Gasteiger partial charge in [0.25, 0.3) is 0 Å². The molecule has 1 aliphatic heterocycles. The van der Waals surface area contributed by atoms with Gasteiger partial charge >= 0.3 is 6.18 Å². The van der Waals surface area contributed by atoms with E-state index in [0.717, 1.165) is 25.0 Å². The van der Waals surface area contributed by atoms with Crippen molar-refractivity contribution < 1.29 is 18.0 Å². The van der Waals surface area contributed by atoms with Crippen LogP contribution in [0.2, 0.25) is 0 Å². The summed E-state index contributed by atoms with van der Waals surface area (Å²) in [5.74, 6) is -0.122. The van der Waals surface area contributed by atoms with E-state index in [1.54, 1.807) is 13.0 Å². The van der Waals surface area contributed by atoms with Crippen LogP contribution < -0.4 is 5.32 Å². The topological polar surface area (TPSA) is 29.1 Å². The first kappa shape index (κ1) is 16.9. The Kier molecular flexibility index (Phi) is 5.21. The van der Waals surface area contributed by atoms with Crippen LogP contribution in [-0.2, 0) is 11.0 Å². The second-order valence-corrected chi connectivity index (χ2v) is 6.54. The molecule has 0 spiro atoms. The third kappa shape index (κ3) is 3.66. The number of Topliss-reactive ketones (excluding diaryl/α,β-unsaturated/α-hetero) is 1. The number of unbranched alkanes of at least 4 members (excludes halogenated alkanes) is 1. The number of alkyl halides is 3. The Bertz CT molecular complexity index is 595. The lowest BCUT2D eigenvalue weighted by Gasteiger charge is -2.11. The minimum absolute atomic E-state index is 0.122. The molecule has 1 aliphatic rings. The van der Waals surface area contributed by atoms with Crippen molar-refractivity contribution in [3.05, 3.63) is 40.4 Å². The van der Waals surface area contributed by atoms with Gasteiger partial charge in [0.2, 0.25) is 0 Å². The van der Waals surface area contributed by atoms with Crippen molar-refractivity contribution in [2.75, 3.05) is 6.54 Å². The van der Waals surface area contributed by atoms with Crippen LogP contribution in [0.15, 0.2) is 29.3 Å². The number of hydrogen-bond donors (Lipinski definition) is 1. The summed E-state index contributed by atoms with van der Waals surface area (Å²) in [4.78, 5) is 12.3. The van der Waals surface area contributed by atoms with Gasteiger partial charge in [0.15, 0.2) is 5.78 Å². The highest BCUT2D eigenvalue weighted by atomic mass is 32.2. The maximum atomic E-state index is 12.9. The van der Waals surface area contributed by atoms with Crippen LogP contribution in [0.4, 0.5) is 13.2 Å². The lowest BCUT2D eigenvalue weighted by Crippen LogP contribution is -2.14. The van der Waals surface area contributed by atoms with Crippen LogP contribution in [-0.4, -0.2) is 17.6 Å². The van der Waals surface area contributed by atoms with Gasteiger partial charge in [-0.25, -0.2) is 0 Å². The SMILES string of the molecule is CCCCNC1=C(c2cccc(C(F)(F)F)c2)C(=O)C(C)S1. The van der Waals surface area contributed by atoms with Crippen molar-refractivity contribution in [3.8, 4) is 0 Å². The molecule has 2 rings (SSSR count). The predicted octanol–water partition coefficient (Wildman–Crippen LogP) is 4.47. The minimum atomic E-state index is -4.41. The molecule has 0 aromatic heterocycles. The van der Waals surface area contributed by atoms with E-state index in [0.29, 0.717) is 22.7 Å². The predicted molar refractivity (Wildman–Crippen MR) is 83.3 cm³/mol. The third-order valence-corrected chi connectivity index (χ3v) is 4.58. The van der Waals surface area contributed by atoms with E-state index < -0.39 is 11.7 Å². The zero-order valence-corrected chi connectivity index (χ0v) is 13.3. The summed E-state index contributed by atoms with van der Waals surface area (Å²) in [5.41, 5.74) is -0.0295. The number of halogens is 3. The maximum Gasteiger partial charge on any atom is 0.416 e. The molecule has 22 heavy (non-hydrogen) atoms. The Balaban J connectivity index is 2.37. The first-order valence-electron chi connectivity index (χ1n) is 7.21. The molecule has 0 radical (unpaired) electrons. The van der Waals surface area contributed by atoms with Gasteiger partial charge in [0.1, 0.15) is 0 Å². The molecule has 1 aromatic rings. The number of nitrogens with one attached hydrogen (secondary N) is 1. The molecule has 0 fully saturated rings. The number of rotatable bonds is 5. The van der Waals surface area contributed by atoms with Crippen LogP contribution in [0.5, 0.6) is 0 Å². The summed E-state index contributed by atoms with van der Waals surface area (Å²) in [7, 11) is 0. The molecular formula is C16H18F3NOS. The molecular weight excluding hydrogens is 311 g/mol. The van der Waals surface area contributed by atoms with Crippen molar-refractivity contribution in [3.63, 3.8) is 0 Å². The van der Waals surface area contributed by atoms with Crippen LogP contribution in [0.3, 0.4) is 0 Å². The van der Waals surface area contributed by atoms with Crippen molar-refractivity contribution >= 4 is 23.1 Å². The summed E-state index contributed by atoms with van der Waals surface area (Å²) >= 11 is 1.38. The molecule has 1 atom stereocenters. The number of benzene rings is 1. The fraction of sp³-hybridized carbons (Fsp3) is 0.438. The number of allylic oxidation sites excluding steroid dienone is 1. The van der Waals surface area contributed by atoms with Crippen LogP contribution in [0, 0.1) is 0 Å². The van der Waals surface area contributed by atoms with Crippen molar-refractivity contribution in [2.45, 2.75) is 38.1 Å². The molecule has 0 aliphatic carbocycles. The molecule has 2 nitrogen and oxygen atoms in total. The van der Waals surface area contributed by atoms with Gasteiger partial charge in [0.05, 0.1) is 21.4 Å². The average molecular weight is 329 g/mol.